The van der Waals surface area contributed by atoms with Gasteiger partial charge in [0.25, 0.3) is 0 Å². The Morgan fingerprint density at radius 1 is 0.257 bits per heavy atom. The minimum atomic E-state index is -3.88. The molecule has 0 unspecified atom stereocenters. The number of rotatable bonds is 0. The Labute approximate surface area is 501 Å². The van der Waals surface area contributed by atoms with Crippen molar-refractivity contribution in [1.29, 1.82) is 0 Å². The molecular weight excluding hydrogens is 827 g/mol. The molecule has 0 aliphatic carbocycles. The molecule has 35 heavy (non-hydrogen) atoms. The van der Waals surface area contributed by atoms with Crippen molar-refractivity contribution < 1.29 is 453 Å². The third kappa shape index (κ3) is 810. The molecule has 0 aromatic heterocycles. The summed E-state index contributed by atoms with van der Waals surface area (Å²) < 4.78 is 129. The second-order valence-corrected chi connectivity index (χ2v) is 4.99. The smallest absolute Gasteiger partial charge is 0.560 e. The van der Waals surface area contributed by atoms with Crippen LogP contribution in [0.4, 0.5) is 28.8 Å². The van der Waals surface area contributed by atoms with Gasteiger partial charge in [0.05, 0.1) is 0 Å². The van der Waals surface area contributed by atoms with Crippen LogP contribution in [0.1, 0.15) is 0 Å². The quantitative estimate of drug-likeness (QED) is 0.125. The molecule has 0 amide bonds. The predicted octanol–water partition coefficient (Wildman–Crippen LogP) is -29.9. The first kappa shape index (κ1) is 90.6. The van der Waals surface area contributed by atoms with E-state index in [4.69, 9.17) is 64.8 Å². The van der Waals surface area contributed by atoms with Crippen molar-refractivity contribution in [3.63, 3.8) is 0 Å². The van der Waals surface area contributed by atoms with Crippen LogP contribution in [-0.4, -0.2) is 64.8 Å². The van der Waals surface area contributed by atoms with E-state index in [1.54, 1.807) is 0 Å². The van der Waals surface area contributed by atoms with Crippen LogP contribution in [0.25, 0.3) is 0 Å². The maximum atomic E-state index is 9.99. The molecule has 14 nitrogen and oxygen atoms in total. The first-order valence-electron chi connectivity index (χ1n) is 4.18. The van der Waals surface area contributed by atoms with E-state index in [1.807, 2.05) is 0 Å². The summed E-state index contributed by atoms with van der Waals surface area (Å²) in [5.74, 6) is 0. The zero-order valence-electron chi connectivity index (χ0n) is 18.9. The Bertz CT molecular complexity index is 346. The van der Waals surface area contributed by atoms with Crippen LogP contribution in [0.5, 0.6) is 0 Å². The molecule has 0 heterocycles. The van der Waals surface area contributed by atoms with Gasteiger partial charge in [-0.15, -0.1) is 0 Å². The van der Waals surface area contributed by atoms with Gasteiger partial charge < -0.3 is 64.8 Å². The molecule has 0 aromatic carbocycles. The van der Waals surface area contributed by atoms with E-state index in [1.165, 1.54) is 0 Å². The van der Waals surface area contributed by atoms with Crippen molar-refractivity contribution in [2.45, 2.75) is 0 Å². The van der Waals surface area contributed by atoms with E-state index < -0.39 is 64.8 Å². The van der Waals surface area contributed by atoms with Crippen LogP contribution in [0, 0.1) is 0 Å². The summed E-state index contributed by atoms with van der Waals surface area (Å²) in [4.78, 5) is 58.9. The van der Waals surface area contributed by atoms with Gasteiger partial charge >= 0.3 is 425 Å². The van der Waals surface area contributed by atoms with Crippen molar-refractivity contribution in [2.24, 2.45) is 0 Å². The third-order valence-corrected chi connectivity index (χ3v) is 0. The Morgan fingerprint density at radius 2 is 0.257 bits per heavy atom. The second-order valence-electron chi connectivity index (χ2n) is 1.66. The van der Waals surface area contributed by atoms with Crippen molar-refractivity contribution in [1.82, 2.24) is 0 Å². The zero-order valence-corrected chi connectivity index (χ0v) is 47.7. The first-order valence-corrected chi connectivity index (χ1v) is 12.5. The molecule has 0 saturated heterocycles. The fourth-order valence-corrected chi connectivity index (χ4v) is 0. The molecule has 168 valence electrons. The topological polar surface area (TPSA) is 281 Å². The third-order valence-electron chi connectivity index (χ3n) is 0. The van der Waals surface area contributed by atoms with E-state index >= 15 is 0 Å². The molecular formula is F7K7O14Si7. The molecule has 0 N–H and O–H groups in total. The van der Waals surface area contributed by atoms with Gasteiger partial charge in [0.15, 0.2) is 0 Å². The molecule has 0 aliphatic rings. The van der Waals surface area contributed by atoms with Crippen molar-refractivity contribution >= 4 is 64.8 Å². The van der Waals surface area contributed by atoms with Gasteiger partial charge in [-0.05, 0) is 0 Å². The minimum absolute atomic E-state index is 0. The zero-order chi connectivity index (χ0) is 25.0. The van der Waals surface area contributed by atoms with E-state index in [-0.39, 0.29) is 360 Å². The van der Waals surface area contributed by atoms with Crippen LogP contribution in [0.2, 0.25) is 0 Å². The molecule has 0 bridgehead atoms. The molecule has 0 fully saturated rings. The summed E-state index contributed by atoms with van der Waals surface area (Å²) in [5.41, 5.74) is 0. The molecule has 0 saturated carbocycles. The van der Waals surface area contributed by atoms with Crippen molar-refractivity contribution in [3.8, 4) is 0 Å². The van der Waals surface area contributed by atoms with Crippen LogP contribution in [0.15, 0.2) is 0 Å². The summed E-state index contributed by atoms with van der Waals surface area (Å²) in [7, 11) is -27.2. The SMILES string of the molecule is O=[Si]([O-])F.O=[Si]([O-])F.O=[Si]([O-])F.O=[Si]([O-])F.O=[Si]([O-])F.O=[Si]([O-])F.O=[Si]([O-])F.[K+].[K+].[K+].[K+].[K+].[K+].[K+]. The van der Waals surface area contributed by atoms with E-state index in [2.05, 4.69) is 0 Å². The molecule has 35 heteroatoms. The fourth-order valence-electron chi connectivity index (χ4n) is 0. The Morgan fingerprint density at radius 3 is 0.257 bits per heavy atom. The van der Waals surface area contributed by atoms with Gasteiger partial charge in [0.1, 0.15) is 0 Å². The molecule has 0 radical (unpaired) electrons. The molecule has 0 rings (SSSR count). The predicted molar refractivity (Wildman–Crippen MR) is 52.8 cm³/mol. The van der Waals surface area contributed by atoms with Crippen molar-refractivity contribution in [3.05, 3.63) is 0 Å². The van der Waals surface area contributed by atoms with Gasteiger partial charge in [-0.3, -0.25) is 28.8 Å². The monoisotopic (exact) mass is 826 g/mol. The first-order chi connectivity index (χ1) is 12.1. The number of halogens is 7. The Kier molecular flexibility index (Phi) is 219. The summed E-state index contributed by atoms with van der Waals surface area (Å²) in [6.07, 6.45) is 0. The normalized spacial score (nSPS) is 5.00. The number of hydrogen-bond acceptors (Lipinski definition) is 14. The standard InChI is InChI=1S/7FO2Si.7K/c7*1-4(2)3;;;;;;;/q7*-1;7*+1. The molecule has 0 atom stereocenters. The Hall–Kier alpha value is 9.68. The molecule has 0 spiro atoms. The van der Waals surface area contributed by atoms with Gasteiger partial charge in [0, 0.05) is 0 Å². The maximum Gasteiger partial charge on any atom is 1.00 e. The van der Waals surface area contributed by atoms with Crippen LogP contribution in [0.3, 0.4) is 0 Å². The molecule has 0 aromatic rings. The summed E-state index contributed by atoms with van der Waals surface area (Å²) >= 11 is 0. The largest absolute Gasteiger partial charge is 1.00 e. The Balaban J connectivity index is -0.0000000119. The van der Waals surface area contributed by atoms with Gasteiger partial charge in [0.2, 0.25) is 0 Å². The number of hydrogen-bond donors (Lipinski definition) is 0. The van der Waals surface area contributed by atoms with Crippen molar-refractivity contribution in [2.75, 3.05) is 0 Å². The maximum absolute atomic E-state index is 9.99. The van der Waals surface area contributed by atoms with Crippen LogP contribution >= 0.6 is 0 Å². The molecule has 0 aliphatic heterocycles. The average Bonchev–Trinajstić information content (AvgIpc) is 2.20. The summed E-state index contributed by atoms with van der Waals surface area (Å²) in [6.45, 7) is 0. The summed E-state index contributed by atoms with van der Waals surface area (Å²) in [6, 6.07) is 0. The average molecular weight is 827 g/mol. The van der Waals surface area contributed by atoms with Crippen LogP contribution < -0.4 is 393 Å². The van der Waals surface area contributed by atoms with E-state index in [0.29, 0.717) is 0 Å². The van der Waals surface area contributed by atoms with Gasteiger partial charge in [-0.1, -0.05) is 0 Å². The fraction of sp³-hybridized carbons (Fsp3) is 0. The van der Waals surface area contributed by atoms with E-state index in [0.717, 1.165) is 0 Å². The van der Waals surface area contributed by atoms with Gasteiger partial charge in [-0.2, -0.15) is 0 Å². The van der Waals surface area contributed by atoms with Gasteiger partial charge in [-0.25, -0.2) is 0 Å². The summed E-state index contributed by atoms with van der Waals surface area (Å²) in [5, 5.41) is 0. The minimum Gasteiger partial charge on any atom is -0.560 e. The van der Waals surface area contributed by atoms with Crippen LogP contribution in [-0.2, 0) is 31.2 Å². The second kappa shape index (κ2) is 84.5. The van der Waals surface area contributed by atoms with E-state index in [9.17, 15) is 28.8 Å².